The van der Waals surface area contributed by atoms with Crippen LogP contribution < -0.4 is 22.5 Å². The summed E-state index contributed by atoms with van der Waals surface area (Å²) in [6, 6.07) is 50.9. The Morgan fingerprint density at radius 3 is 1.45 bits per heavy atom. The predicted octanol–water partition coefficient (Wildman–Crippen LogP) is 14.3. The van der Waals surface area contributed by atoms with Crippen molar-refractivity contribution < 1.29 is 18.0 Å². The van der Waals surface area contributed by atoms with Gasteiger partial charge in [0.25, 0.3) is 5.91 Å². The molecule has 0 unspecified atom stereocenters. The number of alkyl halides is 3. The summed E-state index contributed by atoms with van der Waals surface area (Å²) in [6.07, 6.45) is 6.69. The van der Waals surface area contributed by atoms with Crippen molar-refractivity contribution in [1.29, 1.82) is 0 Å². The minimum absolute atomic E-state index is 0.305. The van der Waals surface area contributed by atoms with E-state index in [0.29, 0.717) is 85.5 Å². The lowest BCUT2D eigenvalue weighted by molar-refractivity contribution is -0.137. The number of hydrogen-bond acceptors (Lipinski definition) is 7. The molecule has 10 aromatic rings. The van der Waals surface area contributed by atoms with Gasteiger partial charge in [0.1, 0.15) is 0 Å². The number of carbonyl (C=O) groups is 1. The number of carbonyl (C=O) groups excluding carboxylic acids is 1. The maximum absolute atomic E-state index is 14.5. The molecule has 0 atom stereocenters. The number of imidazole rings is 1. The molecule has 6 aromatic carbocycles. The van der Waals surface area contributed by atoms with Crippen LogP contribution in [0.4, 0.5) is 35.9 Å². The van der Waals surface area contributed by atoms with Crippen molar-refractivity contribution in [3.63, 3.8) is 0 Å². The second kappa shape index (κ2) is 19.0. The zero-order chi connectivity index (χ0) is 52.1. The topological polar surface area (TPSA) is 182 Å². The van der Waals surface area contributed by atoms with Gasteiger partial charge in [-0.15, -0.1) is 0 Å². The molecule has 8 bridgehead atoms. The number of anilines is 4. The number of aromatic amines is 2. The molecular formula is C62H45F3N10O. The van der Waals surface area contributed by atoms with E-state index in [0.717, 1.165) is 67.6 Å². The Kier molecular flexibility index (Phi) is 11.7. The molecule has 0 saturated heterocycles. The number of hydrogen-bond donors (Lipinski definition) is 6. The van der Waals surface area contributed by atoms with Crippen LogP contribution in [-0.2, 0) is 12.7 Å². The number of amides is 1. The molecule has 0 saturated carbocycles. The van der Waals surface area contributed by atoms with E-state index in [1.165, 1.54) is 12.1 Å². The predicted molar refractivity (Wildman–Crippen MR) is 300 cm³/mol. The van der Waals surface area contributed by atoms with Crippen LogP contribution in [0, 0.1) is 0 Å². The van der Waals surface area contributed by atoms with Gasteiger partial charge in [-0.3, -0.25) is 4.79 Å². The van der Waals surface area contributed by atoms with Crippen LogP contribution in [0.25, 0.3) is 102 Å². The van der Waals surface area contributed by atoms with Crippen LogP contribution in [0.1, 0.15) is 44.3 Å². The first-order chi connectivity index (χ1) is 36.9. The number of nitrogens with zero attached hydrogens (tertiary/aromatic N) is 4. The molecule has 2 aliphatic heterocycles. The lowest BCUT2D eigenvalue weighted by Crippen LogP contribution is -2.13. The average molecular weight is 1000 g/mol. The second-order valence-electron chi connectivity index (χ2n) is 18.4. The van der Waals surface area contributed by atoms with Gasteiger partial charge in [-0.2, -0.15) is 13.2 Å². The number of halogens is 3. The Morgan fingerprint density at radius 1 is 0.526 bits per heavy atom. The van der Waals surface area contributed by atoms with E-state index in [1.807, 2.05) is 156 Å². The van der Waals surface area contributed by atoms with Gasteiger partial charge < -0.3 is 37.1 Å². The fourth-order valence-electron chi connectivity index (χ4n) is 10.0. The third kappa shape index (κ3) is 8.72. The standard InChI is InChI=1S/C62H45F3N10O/c63-62(64,65)39-22-20-37(21-23-39)56-33-69-35-75(56)34-36-10-9-11-38(32-36)61(76)74-47-19-8-4-15-43(47)60-54-30-28-52(72-54)58(41-13-2-6-17-45(41)67)50-26-24-48(70-50)57(40-12-1-5-16-44(40)66)49-25-27-51(71-49)59(53-29-31-55(60)73-53)42-14-3-7-18-46(42)68/h1-33,35,70,73H,34,66-68H2,(H,74,76). The summed E-state index contributed by atoms with van der Waals surface area (Å²) < 4.78 is 41.9. The number of benzene rings is 6. The molecule has 76 heavy (non-hydrogen) atoms. The molecule has 370 valence electrons. The van der Waals surface area contributed by atoms with Crippen LogP contribution >= 0.6 is 0 Å². The van der Waals surface area contributed by atoms with E-state index < -0.39 is 11.7 Å². The molecule has 0 spiro atoms. The molecular weight excluding hydrogens is 958 g/mol. The zero-order valence-electron chi connectivity index (χ0n) is 40.4. The summed E-state index contributed by atoms with van der Waals surface area (Å²) in [5, 5.41) is 3.21. The molecule has 2 aliphatic rings. The van der Waals surface area contributed by atoms with Crippen LogP contribution in [0.3, 0.4) is 0 Å². The van der Waals surface area contributed by atoms with Crippen molar-refractivity contribution in [2.24, 2.45) is 0 Å². The Balaban J connectivity index is 1.03. The molecule has 0 fully saturated rings. The molecule has 12 rings (SSSR count). The summed E-state index contributed by atoms with van der Waals surface area (Å²) in [5.74, 6) is -0.362. The molecule has 9 N–H and O–H groups in total. The Hall–Kier alpha value is -10.2. The van der Waals surface area contributed by atoms with Gasteiger partial charge >= 0.3 is 6.18 Å². The second-order valence-corrected chi connectivity index (χ2v) is 18.4. The first kappa shape index (κ1) is 46.8. The first-order valence-corrected chi connectivity index (χ1v) is 24.3. The monoisotopic (exact) mass is 1000 g/mol. The Labute approximate surface area is 433 Å². The van der Waals surface area contributed by atoms with E-state index in [4.69, 9.17) is 27.2 Å². The van der Waals surface area contributed by atoms with Gasteiger partial charge in [-0.05, 0) is 108 Å². The van der Waals surface area contributed by atoms with Crippen molar-refractivity contribution in [2.45, 2.75) is 12.7 Å². The van der Waals surface area contributed by atoms with E-state index in [-0.39, 0.29) is 5.91 Å². The smallest absolute Gasteiger partial charge is 0.398 e. The highest BCUT2D eigenvalue weighted by atomic mass is 19.4. The average Bonchev–Trinajstić information content (AvgIpc) is 4.36. The van der Waals surface area contributed by atoms with E-state index in [9.17, 15) is 18.0 Å². The summed E-state index contributed by atoms with van der Waals surface area (Å²) in [6.45, 7) is 0.305. The number of nitrogens with two attached hydrogens (primary N) is 3. The van der Waals surface area contributed by atoms with Crippen LogP contribution in [0.5, 0.6) is 0 Å². The molecule has 6 heterocycles. The van der Waals surface area contributed by atoms with Gasteiger partial charge in [-0.1, -0.05) is 97.1 Å². The number of aromatic nitrogens is 6. The molecule has 0 radical (unpaired) electrons. The van der Waals surface area contributed by atoms with E-state index in [2.05, 4.69) is 20.3 Å². The summed E-state index contributed by atoms with van der Waals surface area (Å²) >= 11 is 0. The normalized spacial score (nSPS) is 12.0. The third-order valence-corrected chi connectivity index (χ3v) is 13.7. The maximum Gasteiger partial charge on any atom is 0.416 e. The number of H-pyrrole nitrogens is 2. The van der Waals surface area contributed by atoms with Crippen molar-refractivity contribution in [3.05, 3.63) is 222 Å². The molecule has 4 aromatic heterocycles. The van der Waals surface area contributed by atoms with Crippen LogP contribution in [0.2, 0.25) is 0 Å². The zero-order valence-corrected chi connectivity index (χ0v) is 40.4. The molecule has 1 amide bonds. The van der Waals surface area contributed by atoms with Crippen molar-refractivity contribution in [1.82, 2.24) is 29.5 Å². The number of fused-ring (bicyclic) bond motifs is 8. The third-order valence-electron chi connectivity index (χ3n) is 13.7. The first-order valence-electron chi connectivity index (χ1n) is 24.3. The van der Waals surface area contributed by atoms with Gasteiger partial charge in [0.2, 0.25) is 0 Å². The summed E-state index contributed by atoms with van der Waals surface area (Å²) in [4.78, 5) is 37.1. The van der Waals surface area contributed by atoms with E-state index in [1.54, 1.807) is 30.7 Å². The van der Waals surface area contributed by atoms with Crippen molar-refractivity contribution in [3.8, 4) is 55.8 Å². The molecule has 11 nitrogen and oxygen atoms in total. The SMILES string of the molecule is Nc1ccccc1-c1c2nc(c(-c3ccccc3N)c3ccc([nH]3)c(-c3ccccc3NC(=O)c3cccc(Cn4cncc4-c4ccc(C(F)(F)F)cc4)c3)c3nc(c(-c4ccccc4N)c4ccc1[nH]4)C=C3)C=C2. The van der Waals surface area contributed by atoms with Gasteiger partial charge in [-0.25, -0.2) is 15.0 Å². The lowest BCUT2D eigenvalue weighted by Gasteiger charge is -2.14. The van der Waals surface area contributed by atoms with Crippen molar-refractivity contribution in [2.75, 3.05) is 22.5 Å². The van der Waals surface area contributed by atoms with E-state index >= 15 is 0 Å². The van der Waals surface area contributed by atoms with Gasteiger partial charge in [0, 0.05) is 101 Å². The largest absolute Gasteiger partial charge is 0.416 e. The van der Waals surface area contributed by atoms with Crippen LogP contribution in [0.15, 0.2) is 182 Å². The minimum Gasteiger partial charge on any atom is -0.398 e. The van der Waals surface area contributed by atoms with Gasteiger partial charge in [0.05, 0.1) is 46.6 Å². The summed E-state index contributed by atoms with van der Waals surface area (Å²) in [5.41, 5.74) is 35.9. The number of rotatable bonds is 9. The molecule has 14 heteroatoms. The quantitative estimate of drug-likeness (QED) is 0.0778. The summed E-state index contributed by atoms with van der Waals surface area (Å²) in [7, 11) is 0. The highest BCUT2D eigenvalue weighted by Crippen LogP contribution is 2.42. The van der Waals surface area contributed by atoms with Gasteiger partial charge in [0.15, 0.2) is 0 Å². The number of nitrogen functional groups attached to an aromatic ring is 3. The highest BCUT2D eigenvalue weighted by molar-refractivity contribution is 6.09. The van der Waals surface area contributed by atoms with Crippen LogP contribution in [-0.4, -0.2) is 35.4 Å². The maximum atomic E-state index is 14.5. The lowest BCUT2D eigenvalue weighted by atomic mass is 10.0. The molecule has 0 aliphatic carbocycles. The van der Waals surface area contributed by atoms with Crippen molar-refractivity contribution >= 4 is 75.0 Å². The Bertz CT molecular complexity index is 4140. The fraction of sp³-hybridized carbons (Fsp3) is 0.0323. The fourth-order valence-corrected chi connectivity index (χ4v) is 10.0. The number of nitrogens with one attached hydrogen (secondary N) is 3. The minimum atomic E-state index is -4.45. The Morgan fingerprint density at radius 2 is 0.974 bits per heavy atom. The number of para-hydroxylation sites is 4. The highest BCUT2D eigenvalue weighted by Gasteiger charge is 2.30.